The molecule has 3 rings (SSSR count). The van der Waals surface area contributed by atoms with Gasteiger partial charge in [-0.25, -0.2) is 4.98 Å². The average molecular weight is 352 g/mol. The van der Waals surface area contributed by atoms with E-state index >= 15 is 0 Å². The van der Waals surface area contributed by atoms with Gasteiger partial charge in [0.05, 0.1) is 29.8 Å². The van der Waals surface area contributed by atoms with E-state index in [2.05, 4.69) is 10.1 Å². The maximum absolute atomic E-state index is 11.6. The molecule has 1 aromatic heterocycles. The molecule has 5 nitrogen and oxygen atoms in total. The first-order chi connectivity index (χ1) is 10.6. The monoisotopic (exact) mass is 351 g/mol. The molecule has 0 saturated carbocycles. The Morgan fingerprint density at radius 1 is 1.45 bits per heavy atom. The Balaban J connectivity index is 1.98. The number of aromatic nitrogens is 1. The van der Waals surface area contributed by atoms with Crippen LogP contribution in [0.3, 0.4) is 0 Å². The number of thiocarbonyl (C=S) groups is 1. The van der Waals surface area contributed by atoms with Gasteiger partial charge in [-0.1, -0.05) is 35.6 Å². The zero-order chi connectivity index (χ0) is 15.7. The van der Waals surface area contributed by atoms with Crippen LogP contribution in [0.5, 0.6) is 5.75 Å². The molecule has 0 aliphatic carbocycles. The van der Waals surface area contributed by atoms with Crippen molar-refractivity contribution in [2.45, 2.75) is 0 Å². The van der Waals surface area contributed by atoms with Crippen LogP contribution in [0.2, 0.25) is 5.02 Å². The number of rotatable bonds is 3. The van der Waals surface area contributed by atoms with Gasteiger partial charge < -0.3 is 4.74 Å². The SMILES string of the molecule is COc1ccc(Cl)c2ccc(C=NN3C(=O)CSC3=S)nc12. The van der Waals surface area contributed by atoms with Gasteiger partial charge in [0.2, 0.25) is 0 Å². The molecule has 1 aromatic carbocycles. The Labute approximate surface area is 141 Å². The number of hydrogen-bond donors (Lipinski definition) is 0. The number of thioether (sulfide) groups is 1. The summed E-state index contributed by atoms with van der Waals surface area (Å²) in [5, 5.41) is 6.70. The number of pyridine rings is 1. The largest absolute Gasteiger partial charge is 0.494 e. The third kappa shape index (κ3) is 2.79. The number of carbonyl (C=O) groups excluding carboxylic acids is 1. The molecule has 1 aliphatic rings. The van der Waals surface area contributed by atoms with Crippen LogP contribution in [0.1, 0.15) is 5.69 Å². The summed E-state index contributed by atoms with van der Waals surface area (Å²) in [5.41, 5.74) is 1.23. The van der Waals surface area contributed by atoms with Gasteiger partial charge in [0, 0.05) is 5.39 Å². The van der Waals surface area contributed by atoms with E-state index in [1.807, 2.05) is 6.07 Å². The molecule has 1 amide bonds. The standard InChI is InChI=1S/C14H10ClN3O2S2/c1-20-11-5-4-10(15)9-3-2-8(17-13(9)11)6-16-18-12(19)7-22-14(18)21/h2-6H,7H2,1H3. The number of ether oxygens (including phenoxy) is 1. The van der Waals surface area contributed by atoms with Crippen molar-refractivity contribution in [2.24, 2.45) is 5.10 Å². The van der Waals surface area contributed by atoms with Gasteiger partial charge >= 0.3 is 0 Å². The number of benzene rings is 1. The van der Waals surface area contributed by atoms with Crippen molar-refractivity contribution < 1.29 is 9.53 Å². The van der Waals surface area contributed by atoms with Crippen LogP contribution in [0, 0.1) is 0 Å². The highest BCUT2D eigenvalue weighted by Gasteiger charge is 2.26. The molecule has 2 heterocycles. The zero-order valence-corrected chi connectivity index (χ0v) is 13.8. The summed E-state index contributed by atoms with van der Waals surface area (Å²) in [5.74, 6) is 0.815. The number of halogens is 1. The first kappa shape index (κ1) is 15.2. The number of methoxy groups -OCH3 is 1. The second-order valence-corrected chi connectivity index (χ2v) is 6.40. The molecule has 22 heavy (non-hydrogen) atoms. The van der Waals surface area contributed by atoms with Crippen molar-refractivity contribution in [2.75, 3.05) is 12.9 Å². The maximum atomic E-state index is 11.6. The van der Waals surface area contributed by atoms with Crippen LogP contribution < -0.4 is 4.74 Å². The molecule has 1 fully saturated rings. The lowest BCUT2D eigenvalue weighted by atomic mass is 10.2. The van der Waals surface area contributed by atoms with Gasteiger partial charge in [0.1, 0.15) is 11.3 Å². The van der Waals surface area contributed by atoms with E-state index in [1.165, 1.54) is 23.0 Å². The fraction of sp³-hybridized carbons (Fsp3) is 0.143. The summed E-state index contributed by atoms with van der Waals surface area (Å²) in [6.07, 6.45) is 1.50. The Hall–Kier alpha value is -1.70. The lowest BCUT2D eigenvalue weighted by Crippen LogP contribution is -2.22. The molecule has 112 valence electrons. The molecule has 1 saturated heterocycles. The van der Waals surface area contributed by atoms with Crippen LogP contribution in [-0.2, 0) is 4.79 Å². The van der Waals surface area contributed by atoms with E-state index in [4.69, 9.17) is 28.6 Å². The lowest BCUT2D eigenvalue weighted by molar-refractivity contribution is -0.123. The lowest BCUT2D eigenvalue weighted by Gasteiger charge is -2.08. The van der Waals surface area contributed by atoms with Crippen LogP contribution in [-0.4, -0.2) is 39.3 Å². The first-order valence-electron chi connectivity index (χ1n) is 6.27. The van der Waals surface area contributed by atoms with E-state index < -0.39 is 0 Å². The summed E-state index contributed by atoms with van der Waals surface area (Å²) in [4.78, 5) is 16.1. The molecule has 0 N–H and O–H groups in total. The minimum atomic E-state index is -0.132. The predicted molar refractivity (Wildman–Crippen MR) is 92.8 cm³/mol. The van der Waals surface area contributed by atoms with Crippen LogP contribution in [0.25, 0.3) is 10.9 Å². The van der Waals surface area contributed by atoms with Crippen molar-refractivity contribution in [1.82, 2.24) is 9.99 Å². The normalized spacial score (nSPS) is 15.3. The second-order valence-electron chi connectivity index (χ2n) is 4.39. The maximum Gasteiger partial charge on any atom is 0.259 e. The number of nitrogens with zero attached hydrogens (tertiary/aromatic N) is 3. The fourth-order valence-electron chi connectivity index (χ4n) is 1.98. The Kier molecular flexibility index (Phi) is 4.28. The van der Waals surface area contributed by atoms with Gasteiger partial charge in [-0.15, -0.1) is 0 Å². The number of carbonyl (C=O) groups is 1. The number of hydrazone groups is 1. The van der Waals surface area contributed by atoms with Crippen molar-refractivity contribution in [3.63, 3.8) is 0 Å². The molecular formula is C14H10ClN3O2S2. The van der Waals surface area contributed by atoms with Crippen molar-refractivity contribution in [3.8, 4) is 5.75 Å². The van der Waals surface area contributed by atoms with Crippen LogP contribution >= 0.6 is 35.6 Å². The Bertz CT molecular complexity index is 794. The summed E-state index contributed by atoms with van der Waals surface area (Å²) in [7, 11) is 1.57. The molecule has 1 aliphatic heterocycles. The Morgan fingerprint density at radius 2 is 2.27 bits per heavy atom. The average Bonchev–Trinajstić information content (AvgIpc) is 2.84. The molecule has 0 unspecified atom stereocenters. The quantitative estimate of drug-likeness (QED) is 0.628. The van der Waals surface area contributed by atoms with E-state index in [0.29, 0.717) is 32.1 Å². The second kappa shape index (κ2) is 6.20. The number of hydrogen-bond acceptors (Lipinski definition) is 6. The number of fused-ring (bicyclic) bond motifs is 1. The summed E-state index contributed by atoms with van der Waals surface area (Å²) in [6, 6.07) is 7.13. The van der Waals surface area contributed by atoms with Gasteiger partial charge in [-0.3, -0.25) is 4.79 Å². The molecule has 2 aromatic rings. The summed E-state index contributed by atoms with van der Waals surface area (Å²) >= 11 is 12.5. The highest BCUT2D eigenvalue weighted by Crippen LogP contribution is 2.29. The highest BCUT2D eigenvalue weighted by atomic mass is 35.5. The number of amides is 1. The summed E-state index contributed by atoms with van der Waals surface area (Å²) in [6.45, 7) is 0. The van der Waals surface area contributed by atoms with E-state index in [9.17, 15) is 4.79 Å². The van der Waals surface area contributed by atoms with Crippen LogP contribution in [0.15, 0.2) is 29.4 Å². The molecular weight excluding hydrogens is 342 g/mol. The van der Waals surface area contributed by atoms with Gasteiger partial charge in [0.25, 0.3) is 5.91 Å². The topological polar surface area (TPSA) is 54.8 Å². The molecule has 0 bridgehead atoms. The third-order valence-corrected chi connectivity index (χ3v) is 4.71. The van der Waals surface area contributed by atoms with Gasteiger partial charge in [-0.05, 0) is 24.3 Å². The fourth-order valence-corrected chi connectivity index (χ4v) is 3.17. The molecule has 8 heteroatoms. The van der Waals surface area contributed by atoms with Crippen molar-refractivity contribution in [1.29, 1.82) is 0 Å². The smallest absolute Gasteiger partial charge is 0.259 e. The zero-order valence-electron chi connectivity index (χ0n) is 11.4. The Morgan fingerprint density at radius 3 is 2.95 bits per heavy atom. The molecule has 0 spiro atoms. The third-order valence-electron chi connectivity index (χ3n) is 3.04. The first-order valence-corrected chi connectivity index (χ1v) is 8.04. The van der Waals surface area contributed by atoms with Gasteiger partial charge in [-0.2, -0.15) is 10.1 Å². The predicted octanol–water partition coefficient (Wildman–Crippen LogP) is 3.09. The van der Waals surface area contributed by atoms with E-state index in [0.717, 1.165) is 5.39 Å². The van der Waals surface area contributed by atoms with E-state index in [-0.39, 0.29) is 5.91 Å². The summed E-state index contributed by atoms with van der Waals surface area (Å²) < 4.78 is 5.74. The van der Waals surface area contributed by atoms with Crippen molar-refractivity contribution >= 4 is 62.9 Å². The molecule has 0 radical (unpaired) electrons. The van der Waals surface area contributed by atoms with Gasteiger partial charge in [0.15, 0.2) is 4.32 Å². The molecule has 0 atom stereocenters. The van der Waals surface area contributed by atoms with E-state index in [1.54, 1.807) is 25.3 Å². The highest BCUT2D eigenvalue weighted by molar-refractivity contribution is 8.23. The van der Waals surface area contributed by atoms with Crippen molar-refractivity contribution in [3.05, 3.63) is 35.0 Å². The van der Waals surface area contributed by atoms with Crippen LogP contribution in [0.4, 0.5) is 0 Å². The minimum absolute atomic E-state index is 0.132. The minimum Gasteiger partial charge on any atom is -0.494 e.